The molecule has 0 aliphatic heterocycles. The SMILES string of the molecule is Cc1cccc(CNCc2csc(-c3ccccn3)n2)c1. The minimum absolute atomic E-state index is 0.775. The standard InChI is InChI=1S/C17H17N3S/c1-13-5-4-6-14(9-13)10-18-11-15-12-21-17(20-15)16-7-2-3-8-19-16/h2-9,12,18H,10-11H2,1H3. The second-order valence-electron chi connectivity index (χ2n) is 4.95. The van der Waals surface area contributed by atoms with Gasteiger partial charge in [0.1, 0.15) is 5.01 Å². The molecule has 0 bridgehead atoms. The molecule has 2 aromatic heterocycles. The highest BCUT2D eigenvalue weighted by atomic mass is 32.1. The van der Waals surface area contributed by atoms with Gasteiger partial charge < -0.3 is 5.32 Å². The molecule has 4 heteroatoms. The first-order valence-electron chi connectivity index (χ1n) is 6.93. The van der Waals surface area contributed by atoms with E-state index in [0.29, 0.717) is 0 Å². The van der Waals surface area contributed by atoms with Crippen LogP contribution in [0.5, 0.6) is 0 Å². The molecule has 3 aromatic rings. The first-order valence-corrected chi connectivity index (χ1v) is 7.81. The number of rotatable bonds is 5. The second kappa shape index (κ2) is 6.61. The Morgan fingerprint density at radius 1 is 1.10 bits per heavy atom. The molecule has 1 N–H and O–H groups in total. The number of pyridine rings is 1. The molecule has 0 spiro atoms. The molecule has 0 aliphatic carbocycles. The number of aromatic nitrogens is 2. The van der Waals surface area contributed by atoms with Crippen LogP contribution in [0.4, 0.5) is 0 Å². The zero-order valence-corrected chi connectivity index (χ0v) is 12.7. The van der Waals surface area contributed by atoms with Gasteiger partial charge in [0.25, 0.3) is 0 Å². The lowest BCUT2D eigenvalue weighted by Gasteiger charge is -2.04. The van der Waals surface area contributed by atoms with Gasteiger partial charge in [0, 0.05) is 24.7 Å². The van der Waals surface area contributed by atoms with Gasteiger partial charge in [0.05, 0.1) is 11.4 Å². The van der Waals surface area contributed by atoms with Crippen molar-refractivity contribution in [3.8, 4) is 10.7 Å². The van der Waals surface area contributed by atoms with Crippen LogP contribution in [0, 0.1) is 6.92 Å². The fourth-order valence-electron chi connectivity index (χ4n) is 2.15. The van der Waals surface area contributed by atoms with E-state index in [1.165, 1.54) is 11.1 Å². The van der Waals surface area contributed by atoms with E-state index in [2.05, 4.69) is 51.9 Å². The van der Waals surface area contributed by atoms with E-state index in [9.17, 15) is 0 Å². The minimum atomic E-state index is 0.775. The van der Waals surface area contributed by atoms with Gasteiger partial charge in [-0.15, -0.1) is 11.3 Å². The zero-order chi connectivity index (χ0) is 14.5. The van der Waals surface area contributed by atoms with Gasteiger partial charge in [-0.2, -0.15) is 0 Å². The predicted octanol–water partition coefficient (Wildman–Crippen LogP) is 3.80. The second-order valence-corrected chi connectivity index (χ2v) is 5.81. The molecule has 0 amide bonds. The van der Waals surface area contributed by atoms with E-state index in [1.54, 1.807) is 17.5 Å². The van der Waals surface area contributed by atoms with E-state index in [4.69, 9.17) is 0 Å². The molecule has 0 atom stereocenters. The van der Waals surface area contributed by atoms with Crippen molar-refractivity contribution >= 4 is 11.3 Å². The van der Waals surface area contributed by atoms with Crippen LogP contribution in [0.1, 0.15) is 16.8 Å². The third-order valence-electron chi connectivity index (χ3n) is 3.15. The summed E-state index contributed by atoms with van der Waals surface area (Å²) in [6.45, 7) is 3.75. The third-order valence-corrected chi connectivity index (χ3v) is 4.07. The number of benzene rings is 1. The summed E-state index contributed by atoms with van der Waals surface area (Å²) in [5, 5.41) is 6.50. The molecule has 2 heterocycles. The number of thiazole rings is 1. The molecule has 1 aromatic carbocycles. The molecule has 3 rings (SSSR count). The van der Waals surface area contributed by atoms with Gasteiger partial charge in [-0.05, 0) is 24.6 Å². The van der Waals surface area contributed by atoms with Crippen LogP contribution in [0.15, 0.2) is 54.0 Å². The Labute approximate surface area is 128 Å². The lowest BCUT2D eigenvalue weighted by molar-refractivity contribution is 0.682. The van der Waals surface area contributed by atoms with E-state index < -0.39 is 0 Å². The fraction of sp³-hybridized carbons (Fsp3) is 0.176. The van der Waals surface area contributed by atoms with Crippen LogP contribution in [-0.4, -0.2) is 9.97 Å². The summed E-state index contributed by atoms with van der Waals surface area (Å²) in [5.41, 5.74) is 4.59. The van der Waals surface area contributed by atoms with Crippen molar-refractivity contribution in [1.82, 2.24) is 15.3 Å². The monoisotopic (exact) mass is 295 g/mol. The fourth-order valence-corrected chi connectivity index (χ4v) is 2.95. The topological polar surface area (TPSA) is 37.8 Å². The van der Waals surface area contributed by atoms with Gasteiger partial charge in [-0.1, -0.05) is 35.9 Å². The van der Waals surface area contributed by atoms with Crippen LogP contribution in [0.2, 0.25) is 0 Å². The molecular weight excluding hydrogens is 278 g/mol. The molecule has 0 saturated carbocycles. The van der Waals surface area contributed by atoms with Gasteiger partial charge in [0.2, 0.25) is 0 Å². The maximum Gasteiger partial charge on any atom is 0.142 e. The molecular formula is C17H17N3S. The number of nitrogens with zero attached hydrogens (tertiary/aromatic N) is 2. The normalized spacial score (nSPS) is 10.7. The summed E-state index contributed by atoms with van der Waals surface area (Å²) in [6, 6.07) is 14.4. The Morgan fingerprint density at radius 2 is 2.05 bits per heavy atom. The molecule has 21 heavy (non-hydrogen) atoms. The molecule has 0 radical (unpaired) electrons. The molecule has 0 aliphatic rings. The third kappa shape index (κ3) is 3.74. The summed E-state index contributed by atoms with van der Waals surface area (Å²) in [6.07, 6.45) is 1.80. The first kappa shape index (κ1) is 13.9. The van der Waals surface area contributed by atoms with Crippen molar-refractivity contribution < 1.29 is 0 Å². The van der Waals surface area contributed by atoms with Gasteiger partial charge in [-0.3, -0.25) is 4.98 Å². The Balaban J connectivity index is 1.58. The Morgan fingerprint density at radius 3 is 2.86 bits per heavy atom. The largest absolute Gasteiger partial charge is 0.307 e. The highest BCUT2D eigenvalue weighted by molar-refractivity contribution is 7.13. The van der Waals surface area contributed by atoms with Crippen molar-refractivity contribution in [3.05, 3.63) is 70.9 Å². The lowest BCUT2D eigenvalue weighted by Crippen LogP contribution is -2.12. The molecule has 3 nitrogen and oxygen atoms in total. The highest BCUT2D eigenvalue weighted by Gasteiger charge is 2.05. The molecule has 106 valence electrons. The Hall–Kier alpha value is -2.04. The number of aryl methyl sites for hydroxylation is 1. The van der Waals surface area contributed by atoms with Crippen LogP contribution >= 0.6 is 11.3 Å². The molecule has 0 saturated heterocycles. The highest BCUT2D eigenvalue weighted by Crippen LogP contribution is 2.21. The predicted molar refractivity (Wildman–Crippen MR) is 87.1 cm³/mol. The van der Waals surface area contributed by atoms with Crippen molar-refractivity contribution in [3.63, 3.8) is 0 Å². The summed E-state index contributed by atoms with van der Waals surface area (Å²) in [4.78, 5) is 8.95. The maximum absolute atomic E-state index is 4.62. The van der Waals surface area contributed by atoms with E-state index in [-0.39, 0.29) is 0 Å². The number of hydrogen-bond acceptors (Lipinski definition) is 4. The van der Waals surface area contributed by atoms with Crippen molar-refractivity contribution in [1.29, 1.82) is 0 Å². The molecule has 0 unspecified atom stereocenters. The average molecular weight is 295 g/mol. The Kier molecular flexibility index (Phi) is 4.38. The summed E-state index contributed by atoms with van der Waals surface area (Å²) in [7, 11) is 0. The van der Waals surface area contributed by atoms with E-state index >= 15 is 0 Å². The minimum Gasteiger partial charge on any atom is -0.307 e. The van der Waals surface area contributed by atoms with Crippen molar-refractivity contribution in [2.75, 3.05) is 0 Å². The van der Waals surface area contributed by atoms with Crippen LogP contribution in [0.25, 0.3) is 10.7 Å². The number of nitrogens with one attached hydrogen (secondary N) is 1. The van der Waals surface area contributed by atoms with Crippen molar-refractivity contribution in [2.24, 2.45) is 0 Å². The van der Waals surface area contributed by atoms with Gasteiger partial charge >= 0.3 is 0 Å². The van der Waals surface area contributed by atoms with Gasteiger partial charge in [-0.25, -0.2) is 4.98 Å². The van der Waals surface area contributed by atoms with E-state index in [1.807, 2.05) is 18.2 Å². The van der Waals surface area contributed by atoms with Crippen LogP contribution < -0.4 is 5.32 Å². The van der Waals surface area contributed by atoms with Crippen LogP contribution in [-0.2, 0) is 13.1 Å². The average Bonchev–Trinajstić information content (AvgIpc) is 2.97. The number of hydrogen-bond donors (Lipinski definition) is 1. The zero-order valence-electron chi connectivity index (χ0n) is 11.9. The molecule has 0 fully saturated rings. The lowest BCUT2D eigenvalue weighted by atomic mass is 10.1. The summed E-state index contributed by atoms with van der Waals surface area (Å²) in [5.74, 6) is 0. The van der Waals surface area contributed by atoms with E-state index in [0.717, 1.165) is 29.5 Å². The first-order chi connectivity index (χ1) is 10.3. The quantitative estimate of drug-likeness (QED) is 0.778. The maximum atomic E-state index is 4.62. The summed E-state index contributed by atoms with van der Waals surface area (Å²) < 4.78 is 0. The van der Waals surface area contributed by atoms with Gasteiger partial charge in [0.15, 0.2) is 0 Å². The van der Waals surface area contributed by atoms with Crippen LogP contribution in [0.3, 0.4) is 0 Å². The Bertz CT molecular complexity index is 707. The summed E-state index contributed by atoms with van der Waals surface area (Å²) >= 11 is 1.64. The van der Waals surface area contributed by atoms with Crippen molar-refractivity contribution in [2.45, 2.75) is 20.0 Å². The smallest absolute Gasteiger partial charge is 0.142 e.